The van der Waals surface area contributed by atoms with Crippen LogP contribution >= 0.6 is 0 Å². The number of alkyl halides is 3. The van der Waals surface area contributed by atoms with E-state index in [9.17, 15) is 22.8 Å². The Balaban J connectivity index is 1.91. The summed E-state index contributed by atoms with van der Waals surface area (Å²) in [5, 5.41) is 0. The number of amides is 2. The van der Waals surface area contributed by atoms with Crippen molar-refractivity contribution < 1.29 is 32.2 Å². The van der Waals surface area contributed by atoms with Gasteiger partial charge < -0.3 is 19.3 Å². The van der Waals surface area contributed by atoms with Crippen LogP contribution in [0.15, 0.2) is 18.2 Å². The molecule has 136 valence electrons. The van der Waals surface area contributed by atoms with Crippen molar-refractivity contribution in [3.05, 3.63) is 29.3 Å². The van der Waals surface area contributed by atoms with E-state index in [1.54, 1.807) is 0 Å². The average molecular weight is 358 g/mol. The maximum atomic E-state index is 12.9. The highest BCUT2D eigenvalue weighted by atomic mass is 19.4. The third-order valence-corrected chi connectivity index (χ3v) is 4.49. The number of methoxy groups -OCH3 is 1. The highest BCUT2D eigenvalue weighted by Crippen LogP contribution is 2.36. The van der Waals surface area contributed by atoms with Gasteiger partial charge in [0.05, 0.1) is 23.7 Å². The number of hydrogen-bond donors (Lipinski definition) is 0. The number of nitrogens with zero attached hydrogens (tertiary/aromatic N) is 2. The fourth-order valence-corrected chi connectivity index (χ4v) is 3.14. The van der Waals surface area contributed by atoms with Gasteiger partial charge in [-0.2, -0.15) is 13.2 Å². The Morgan fingerprint density at radius 2 is 2.08 bits per heavy atom. The molecular formula is C16H17F3N2O4. The standard InChI is InChI=1S/C16H17F3N2O4/c1-20-11-6-21(14(22)8-24-2)7-13(11)25-12-4-3-9(16(17,18)19)5-10(12)15(20)23/h3-5,11,13H,6-8H2,1-2H3. The van der Waals surface area contributed by atoms with Crippen LogP contribution in [-0.4, -0.2) is 67.6 Å². The zero-order valence-corrected chi connectivity index (χ0v) is 13.7. The van der Waals surface area contributed by atoms with Crippen molar-refractivity contribution in [1.29, 1.82) is 0 Å². The molecule has 1 saturated heterocycles. The molecule has 2 aliphatic rings. The number of fused-ring (bicyclic) bond motifs is 2. The summed E-state index contributed by atoms with van der Waals surface area (Å²) in [6.45, 7) is 0.406. The summed E-state index contributed by atoms with van der Waals surface area (Å²) in [5.74, 6) is -0.694. The molecule has 1 aromatic rings. The van der Waals surface area contributed by atoms with Gasteiger partial charge in [-0.15, -0.1) is 0 Å². The van der Waals surface area contributed by atoms with Gasteiger partial charge >= 0.3 is 6.18 Å². The number of likely N-dealkylation sites (N-methyl/N-ethyl adjacent to an activating group) is 1. The Hall–Kier alpha value is -2.29. The quantitative estimate of drug-likeness (QED) is 0.802. The number of halogens is 3. The van der Waals surface area contributed by atoms with E-state index in [4.69, 9.17) is 9.47 Å². The molecule has 2 heterocycles. The summed E-state index contributed by atoms with van der Waals surface area (Å²) < 4.78 is 49.3. The van der Waals surface area contributed by atoms with Crippen molar-refractivity contribution >= 4 is 11.8 Å². The van der Waals surface area contributed by atoms with E-state index in [-0.39, 0.29) is 36.9 Å². The highest BCUT2D eigenvalue weighted by molar-refractivity contribution is 5.97. The van der Waals surface area contributed by atoms with E-state index in [0.717, 1.165) is 18.2 Å². The number of rotatable bonds is 2. The molecule has 0 aliphatic carbocycles. The third-order valence-electron chi connectivity index (χ3n) is 4.49. The van der Waals surface area contributed by atoms with E-state index in [2.05, 4.69) is 0 Å². The van der Waals surface area contributed by atoms with Crippen LogP contribution in [0, 0.1) is 0 Å². The maximum absolute atomic E-state index is 12.9. The summed E-state index contributed by atoms with van der Waals surface area (Å²) in [6.07, 6.45) is -5.05. The summed E-state index contributed by atoms with van der Waals surface area (Å²) in [4.78, 5) is 27.5. The number of likely N-dealkylation sites (tertiary alicyclic amines) is 1. The first kappa shape index (κ1) is 17.5. The molecule has 0 N–H and O–H groups in total. The van der Waals surface area contributed by atoms with Crippen LogP contribution in [0.2, 0.25) is 0 Å². The number of hydrogen-bond acceptors (Lipinski definition) is 4. The molecule has 1 aromatic carbocycles. The number of benzene rings is 1. The van der Waals surface area contributed by atoms with Crippen molar-refractivity contribution in [2.24, 2.45) is 0 Å². The van der Waals surface area contributed by atoms with Gasteiger partial charge in [-0.25, -0.2) is 0 Å². The normalized spacial score (nSPS) is 23.0. The van der Waals surface area contributed by atoms with Crippen molar-refractivity contribution in [3.63, 3.8) is 0 Å². The first-order valence-corrected chi connectivity index (χ1v) is 7.64. The predicted octanol–water partition coefficient (Wildman–Crippen LogP) is 1.40. The SMILES string of the molecule is COCC(=O)N1CC2Oc3ccc(C(F)(F)F)cc3C(=O)N(C)C2C1. The van der Waals surface area contributed by atoms with Crippen LogP contribution in [-0.2, 0) is 15.7 Å². The number of ether oxygens (including phenoxy) is 2. The molecule has 2 amide bonds. The fraction of sp³-hybridized carbons (Fsp3) is 0.500. The largest absolute Gasteiger partial charge is 0.486 e. The molecule has 1 fully saturated rings. The summed E-state index contributed by atoms with van der Waals surface area (Å²) >= 11 is 0. The van der Waals surface area contributed by atoms with Gasteiger partial charge in [-0.1, -0.05) is 0 Å². The second-order valence-corrected chi connectivity index (χ2v) is 6.08. The predicted molar refractivity (Wildman–Crippen MR) is 80.2 cm³/mol. The summed E-state index contributed by atoms with van der Waals surface area (Å²) in [6, 6.07) is 2.42. The van der Waals surface area contributed by atoms with Crippen molar-refractivity contribution in [1.82, 2.24) is 9.80 Å². The molecule has 0 radical (unpaired) electrons. The van der Waals surface area contributed by atoms with Crippen molar-refractivity contribution in [2.75, 3.05) is 33.9 Å². The van der Waals surface area contributed by atoms with E-state index in [0.29, 0.717) is 0 Å². The van der Waals surface area contributed by atoms with Gasteiger partial charge in [0.25, 0.3) is 5.91 Å². The van der Waals surface area contributed by atoms with Gasteiger partial charge in [-0.3, -0.25) is 9.59 Å². The first-order chi connectivity index (χ1) is 11.7. The molecule has 0 bridgehead atoms. The molecule has 0 spiro atoms. The number of carbonyl (C=O) groups excluding carboxylic acids is 2. The first-order valence-electron chi connectivity index (χ1n) is 7.64. The van der Waals surface area contributed by atoms with Gasteiger partial charge in [0.15, 0.2) is 0 Å². The molecule has 2 aliphatic heterocycles. The molecule has 9 heteroatoms. The van der Waals surface area contributed by atoms with Crippen LogP contribution in [0.4, 0.5) is 13.2 Å². The number of carbonyl (C=O) groups is 2. The molecule has 3 rings (SSSR count). The van der Waals surface area contributed by atoms with Crippen LogP contribution in [0.25, 0.3) is 0 Å². The molecule has 25 heavy (non-hydrogen) atoms. The monoisotopic (exact) mass is 358 g/mol. The molecule has 2 unspecified atom stereocenters. The van der Waals surface area contributed by atoms with E-state index < -0.39 is 29.8 Å². The fourth-order valence-electron chi connectivity index (χ4n) is 3.14. The summed E-state index contributed by atoms with van der Waals surface area (Å²) in [7, 11) is 2.91. The topological polar surface area (TPSA) is 59.1 Å². The highest BCUT2D eigenvalue weighted by Gasteiger charge is 2.44. The van der Waals surface area contributed by atoms with Gasteiger partial charge in [0.1, 0.15) is 18.5 Å². The maximum Gasteiger partial charge on any atom is 0.416 e. The Labute approximate surface area is 142 Å². The Bertz CT molecular complexity index is 707. The second-order valence-electron chi connectivity index (χ2n) is 6.08. The molecule has 6 nitrogen and oxygen atoms in total. The minimum absolute atomic E-state index is 0.0807. The lowest BCUT2D eigenvalue weighted by Gasteiger charge is -2.25. The molecule has 0 saturated carbocycles. The minimum atomic E-state index is -4.54. The van der Waals surface area contributed by atoms with E-state index in [1.165, 1.54) is 24.0 Å². The lowest BCUT2D eigenvalue weighted by Crippen LogP contribution is -2.44. The zero-order valence-electron chi connectivity index (χ0n) is 13.7. The van der Waals surface area contributed by atoms with Crippen molar-refractivity contribution in [3.8, 4) is 5.75 Å². The average Bonchev–Trinajstić information content (AvgIpc) is 2.93. The molecule has 2 atom stereocenters. The Morgan fingerprint density at radius 3 is 2.72 bits per heavy atom. The lowest BCUT2D eigenvalue weighted by molar-refractivity contribution is -0.137. The summed E-state index contributed by atoms with van der Waals surface area (Å²) in [5.41, 5.74) is -1.03. The van der Waals surface area contributed by atoms with Crippen LogP contribution in [0.1, 0.15) is 15.9 Å². The van der Waals surface area contributed by atoms with Gasteiger partial charge in [-0.05, 0) is 18.2 Å². The van der Waals surface area contributed by atoms with Crippen LogP contribution in [0.5, 0.6) is 5.75 Å². The minimum Gasteiger partial charge on any atom is -0.486 e. The smallest absolute Gasteiger partial charge is 0.416 e. The second kappa shape index (κ2) is 6.21. The third kappa shape index (κ3) is 3.15. The van der Waals surface area contributed by atoms with E-state index >= 15 is 0 Å². The molecular weight excluding hydrogens is 341 g/mol. The Morgan fingerprint density at radius 1 is 1.36 bits per heavy atom. The van der Waals surface area contributed by atoms with Gasteiger partial charge in [0.2, 0.25) is 5.91 Å². The van der Waals surface area contributed by atoms with Crippen molar-refractivity contribution in [2.45, 2.75) is 18.3 Å². The molecule has 0 aromatic heterocycles. The van der Waals surface area contributed by atoms with Crippen LogP contribution in [0.3, 0.4) is 0 Å². The lowest BCUT2D eigenvalue weighted by atomic mass is 10.1. The van der Waals surface area contributed by atoms with E-state index in [1.807, 2.05) is 0 Å². The van der Waals surface area contributed by atoms with Crippen LogP contribution < -0.4 is 4.74 Å². The Kier molecular flexibility index (Phi) is 4.36. The van der Waals surface area contributed by atoms with Gasteiger partial charge in [0, 0.05) is 20.7 Å². The zero-order chi connectivity index (χ0) is 18.4.